The minimum Gasteiger partial charge on any atom is -0.444 e. The van der Waals surface area contributed by atoms with Crippen LogP contribution in [-0.2, 0) is 6.54 Å². The van der Waals surface area contributed by atoms with Gasteiger partial charge >= 0.3 is 0 Å². The Balaban J connectivity index is 1.15. The van der Waals surface area contributed by atoms with Gasteiger partial charge in [0.15, 0.2) is 10.4 Å². The van der Waals surface area contributed by atoms with E-state index in [1.165, 1.54) is 0 Å². The van der Waals surface area contributed by atoms with Crippen LogP contribution >= 0.6 is 15.9 Å². The lowest BCUT2D eigenvalue weighted by Gasteiger charge is -2.44. The molecule has 2 fully saturated rings. The molecular weight excluding hydrogens is 610 g/mol. The second-order valence-electron chi connectivity index (χ2n) is 11.5. The van der Waals surface area contributed by atoms with Gasteiger partial charge in [-0.25, -0.2) is 0 Å². The van der Waals surface area contributed by atoms with Gasteiger partial charge in [0.1, 0.15) is 0 Å². The molecule has 3 aliphatic rings. The number of hydrogen-bond donors (Lipinski definition) is 1. The minimum atomic E-state index is -0.387. The number of piperazine rings is 1. The number of aromatic nitrogens is 1. The number of amides is 2. The number of para-hydroxylation sites is 1. The minimum absolute atomic E-state index is 0.0469. The number of anilines is 3. The first kappa shape index (κ1) is 27.5. The Labute approximate surface area is 257 Å². The Bertz CT molecular complexity index is 1730. The highest BCUT2D eigenvalue weighted by Gasteiger charge is 2.35. The largest absolute Gasteiger partial charge is 0.444 e. The standard InChI is InChI=1S/C33H32BrN5O4/c34-30-12-11-29(43-30)32(41)35-26-18-23(33(42)37-15-13-36(14-16-37)25-5-2-1-3-6-25)9-10-28(26)38-19-22-17-24(21-38)27-7-4-8-31(40)39(27)20-22/h1-12,18,22,24H,13-17,19-21H2,(H,35,41)/t22-,24-/m0/s1. The molecule has 0 radical (unpaired) electrons. The Hall–Kier alpha value is -4.31. The van der Waals surface area contributed by atoms with Crippen molar-refractivity contribution in [2.75, 3.05) is 54.4 Å². The van der Waals surface area contributed by atoms with Gasteiger partial charge in [0.25, 0.3) is 17.4 Å². The van der Waals surface area contributed by atoms with Crippen LogP contribution in [-0.4, -0.2) is 60.5 Å². The summed E-state index contributed by atoms with van der Waals surface area (Å²) in [5.41, 5.74) is 4.21. The van der Waals surface area contributed by atoms with Crippen LogP contribution in [0, 0.1) is 5.92 Å². The van der Waals surface area contributed by atoms with E-state index in [1.807, 2.05) is 51.9 Å². The molecule has 10 heteroatoms. The van der Waals surface area contributed by atoms with Gasteiger partial charge in [0.2, 0.25) is 0 Å². The molecule has 2 aromatic heterocycles. The van der Waals surface area contributed by atoms with Crippen LogP contribution in [0.5, 0.6) is 0 Å². The first-order chi connectivity index (χ1) is 20.9. The molecule has 2 saturated heterocycles. The average Bonchev–Trinajstić information content (AvgIpc) is 3.48. The zero-order valence-corrected chi connectivity index (χ0v) is 25.2. The van der Waals surface area contributed by atoms with E-state index in [0.717, 1.165) is 43.1 Å². The molecule has 2 amide bonds. The molecule has 1 N–H and O–H groups in total. The number of carbonyl (C=O) groups is 2. The van der Waals surface area contributed by atoms with Crippen molar-refractivity contribution in [3.05, 3.63) is 111 Å². The monoisotopic (exact) mass is 641 g/mol. The zero-order valence-electron chi connectivity index (χ0n) is 23.6. The highest BCUT2D eigenvalue weighted by Crippen LogP contribution is 2.39. The van der Waals surface area contributed by atoms with Gasteiger partial charge in [0.05, 0.1) is 11.4 Å². The van der Waals surface area contributed by atoms with Crippen molar-refractivity contribution < 1.29 is 14.0 Å². The smallest absolute Gasteiger partial charge is 0.291 e. The van der Waals surface area contributed by atoms with Crippen molar-refractivity contribution in [2.24, 2.45) is 5.92 Å². The number of benzene rings is 2. The number of nitrogens with zero attached hydrogens (tertiary/aromatic N) is 4. The van der Waals surface area contributed by atoms with Crippen molar-refractivity contribution in [1.29, 1.82) is 0 Å². The Morgan fingerprint density at radius 1 is 0.837 bits per heavy atom. The van der Waals surface area contributed by atoms with Crippen LogP contribution in [0.3, 0.4) is 0 Å². The third-order valence-corrected chi connectivity index (χ3v) is 9.22. The SMILES string of the molecule is O=C(Nc1cc(C(=O)N2CCN(c3ccccc3)CC2)ccc1N1C[C@@H]2C[C@@H](C1)c1cccc(=O)n1C2)c1ccc(Br)o1. The molecule has 0 aliphatic carbocycles. The van der Waals surface area contributed by atoms with Gasteiger partial charge < -0.3 is 29.0 Å². The van der Waals surface area contributed by atoms with E-state index >= 15 is 0 Å². The molecule has 7 rings (SSSR count). The molecule has 4 aromatic rings. The lowest BCUT2D eigenvalue weighted by molar-refractivity contribution is 0.0746. The molecule has 0 unspecified atom stereocenters. The maximum absolute atomic E-state index is 13.7. The van der Waals surface area contributed by atoms with Gasteiger partial charge in [0, 0.05) is 74.7 Å². The summed E-state index contributed by atoms with van der Waals surface area (Å²) in [7, 11) is 0. The summed E-state index contributed by atoms with van der Waals surface area (Å²) in [5, 5.41) is 3.03. The molecule has 0 saturated carbocycles. The number of piperidine rings is 1. The lowest BCUT2D eigenvalue weighted by Crippen LogP contribution is -2.49. The van der Waals surface area contributed by atoms with Gasteiger partial charge in [-0.2, -0.15) is 0 Å². The Kier molecular flexibility index (Phi) is 7.30. The normalized spacial score (nSPS) is 19.6. The molecule has 0 spiro atoms. The number of fused-ring (bicyclic) bond motifs is 4. The Morgan fingerprint density at radius 2 is 1.65 bits per heavy atom. The number of carbonyl (C=O) groups excluding carboxylic acids is 2. The van der Waals surface area contributed by atoms with Crippen LogP contribution < -0.4 is 20.7 Å². The molecule has 3 aliphatic heterocycles. The maximum atomic E-state index is 13.7. The number of hydrogen-bond acceptors (Lipinski definition) is 6. The Morgan fingerprint density at radius 3 is 2.42 bits per heavy atom. The van der Waals surface area contributed by atoms with Gasteiger partial charge in [-0.15, -0.1) is 0 Å². The van der Waals surface area contributed by atoms with E-state index in [-0.39, 0.29) is 29.1 Å². The fourth-order valence-corrected chi connectivity index (χ4v) is 7.05. The summed E-state index contributed by atoms with van der Waals surface area (Å²) in [6, 6.07) is 24.6. The number of pyridine rings is 1. The lowest BCUT2D eigenvalue weighted by atomic mass is 9.83. The summed E-state index contributed by atoms with van der Waals surface area (Å²) in [6.45, 7) is 4.89. The van der Waals surface area contributed by atoms with Crippen LogP contribution in [0.1, 0.15) is 38.9 Å². The first-order valence-electron chi connectivity index (χ1n) is 14.7. The molecule has 43 heavy (non-hydrogen) atoms. The van der Waals surface area contributed by atoms with Crippen LogP contribution in [0.4, 0.5) is 17.1 Å². The van der Waals surface area contributed by atoms with Crippen molar-refractivity contribution in [2.45, 2.75) is 18.9 Å². The van der Waals surface area contributed by atoms with Gasteiger partial charge in [-0.3, -0.25) is 14.4 Å². The van der Waals surface area contributed by atoms with E-state index in [1.54, 1.807) is 24.3 Å². The number of halogens is 1. The summed E-state index contributed by atoms with van der Waals surface area (Å²) in [5.74, 6) is 0.239. The van der Waals surface area contributed by atoms with E-state index in [4.69, 9.17) is 4.42 Å². The number of nitrogens with one attached hydrogen (secondary N) is 1. The highest BCUT2D eigenvalue weighted by atomic mass is 79.9. The van der Waals surface area contributed by atoms with Crippen molar-refractivity contribution in [1.82, 2.24) is 9.47 Å². The third-order valence-electron chi connectivity index (χ3n) is 8.80. The molecular formula is C33H32BrN5O4. The number of furan rings is 1. The quantitative estimate of drug-likeness (QED) is 0.328. The predicted octanol–water partition coefficient (Wildman–Crippen LogP) is 5.04. The van der Waals surface area contributed by atoms with Crippen LogP contribution in [0.25, 0.3) is 0 Å². The summed E-state index contributed by atoms with van der Waals surface area (Å²) in [6.07, 6.45) is 1.02. The third kappa shape index (κ3) is 5.47. The van der Waals surface area contributed by atoms with Gasteiger partial charge in [-0.1, -0.05) is 24.3 Å². The molecule has 2 atom stereocenters. The van der Waals surface area contributed by atoms with Crippen molar-refractivity contribution >= 4 is 44.8 Å². The summed E-state index contributed by atoms with van der Waals surface area (Å²) < 4.78 is 7.89. The molecule has 2 bridgehead atoms. The van der Waals surface area contributed by atoms with E-state index in [0.29, 0.717) is 48.0 Å². The van der Waals surface area contributed by atoms with E-state index in [9.17, 15) is 14.4 Å². The summed E-state index contributed by atoms with van der Waals surface area (Å²) >= 11 is 3.27. The fourth-order valence-electron chi connectivity index (χ4n) is 6.75. The second kappa shape index (κ2) is 11.4. The van der Waals surface area contributed by atoms with Crippen molar-refractivity contribution in [3.63, 3.8) is 0 Å². The van der Waals surface area contributed by atoms with E-state index < -0.39 is 0 Å². The van der Waals surface area contributed by atoms with Gasteiger partial charge in [-0.05, 0) is 76.8 Å². The molecule has 2 aromatic carbocycles. The second-order valence-corrected chi connectivity index (χ2v) is 12.3. The van der Waals surface area contributed by atoms with E-state index in [2.05, 4.69) is 43.2 Å². The molecule has 5 heterocycles. The zero-order chi connectivity index (χ0) is 29.5. The topological polar surface area (TPSA) is 91.0 Å². The van der Waals surface area contributed by atoms with Crippen molar-refractivity contribution in [3.8, 4) is 0 Å². The maximum Gasteiger partial charge on any atom is 0.291 e. The molecule has 220 valence electrons. The van der Waals surface area contributed by atoms with Crippen LogP contribution in [0.15, 0.2) is 92.7 Å². The summed E-state index contributed by atoms with van der Waals surface area (Å²) in [4.78, 5) is 45.9. The highest BCUT2D eigenvalue weighted by molar-refractivity contribution is 9.10. The number of rotatable bonds is 5. The fraction of sp³-hybridized carbons (Fsp3) is 0.303. The predicted molar refractivity (Wildman–Crippen MR) is 169 cm³/mol. The first-order valence-corrected chi connectivity index (χ1v) is 15.5. The average molecular weight is 643 g/mol. The molecule has 9 nitrogen and oxygen atoms in total. The van der Waals surface area contributed by atoms with Crippen LogP contribution in [0.2, 0.25) is 0 Å².